The first-order chi connectivity index (χ1) is 28.9. The molecule has 0 spiro atoms. The van der Waals surface area contributed by atoms with Gasteiger partial charge in [0.2, 0.25) is 5.43 Å². The molecule has 7 rings (SSSR count). The Morgan fingerprint density at radius 2 is 1.05 bits per heavy atom. The Morgan fingerprint density at radius 1 is 0.617 bits per heavy atom. The molecular formula is C48H48N2O10. The minimum absolute atomic E-state index is 0.0139. The average Bonchev–Trinajstić information content (AvgIpc) is 3.62. The van der Waals surface area contributed by atoms with Crippen LogP contribution in [0.1, 0.15) is 106 Å². The topological polar surface area (TPSA) is 153 Å². The number of nitrogens with zero attached hydrogens (tertiary/aromatic N) is 2. The second-order valence-electron chi connectivity index (χ2n) is 15.5. The zero-order valence-corrected chi connectivity index (χ0v) is 34.5. The summed E-state index contributed by atoms with van der Waals surface area (Å²) in [6.07, 6.45) is 6.54. The van der Waals surface area contributed by atoms with Crippen molar-refractivity contribution in [2.75, 3.05) is 33.4 Å². The number of rotatable bonds is 17. The van der Waals surface area contributed by atoms with E-state index in [0.717, 1.165) is 11.1 Å². The van der Waals surface area contributed by atoms with Crippen LogP contribution >= 0.6 is 0 Å². The highest BCUT2D eigenvalue weighted by Crippen LogP contribution is 2.42. The van der Waals surface area contributed by atoms with E-state index in [4.69, 9.17) is 18.6 Å². The van der Waals surface area contributed by atoms with Crippen LogP contribution in [0.15, 0.2) is 93.2 Å². The van der Waals surface area contributed by atoms with Crippen LogP contribution in [0.2, 0.25) is 0 Å². The second kappa shape index (κ2) is 17.7. The molecule has 0 bridgehead atoms. The molecule has 0 aliphatic carbocycles. The molecule has 1 N–H and O–H groups in total. The Labute approximate surface area is 347 Å². The van der Waals surface area contributed by atoms with E-state index in [-0.39, 0.29) is 77.6 Å². The highest BCUT2D eigenvalue weighted by Gasteiger charge is 2.35. The van der Waals surface area contributed by atoms with Crippen LogP contribution in [0.5, 0.6) is 23.0 Å². The maximum Gasteiger partial charge on any atom is 0.261 e. The number of hydrogen-bond donors (Lipinski definition) is 1. The largest absolute Gasteiger partial charge is 0.507 e. The number of phenols is 1. The van der Waals surface area contributed by atoms with Gasteiger partial charge in [-0.3, -0.25) is 33.8 Å². The van der Waals surface area contributed by atoms with Crippen molar-refractivity contribution in [2.45, 2.75) is 66.2 Å². The highest BCUT2D eigenvalue weighted by molar-refractivity contribution is 6.22. The summed E-state index contributed by atoms with van der Waals surface area (Å²) < 4.78 is 24.8. The van der Waals surface area contributed by atoms with E-state index in [9.17, 15) is 29.1 Å². The zero-order valence-electron chi connectivity index (χ0n) is 34.5. The molecule has 2 aliphatic rings. The number of carbonyl (C=O) groups excluding carboxylic acids is 4. The number of carbonyl (C=O) groups is 4. The van der Waals surface area contributed by atoms with Gasteiger partial charge in [-0.15, -0.1) is 0 Å². The van der Waals surface area contributed by atoms with Crippen molar-refractivity contribution in [1.29, 1.82) is 0 Å². The van der Waals surface area contributed by atoms with Crippen molar-refractivity contribution in [3.63, 3.8) is 0 Å². The lowest BCUT2D eigenvalue weighted by atomic mass is 9.98. The Kier molecular flexibility index (Phi) is 12.2. The number of phenolic OH excluding ortho intramolecular Hbond substituents is 1. The van der Waals surface area contributed by atoms with E-state index < -0.39 is 5.43 Å². The fraction of sp³-hybridized carbons (Fsp3) is 0.312. The zero-order chi connectivity index (χ0) is 42.7. The van der Waals surface area contributed by atoms with Crippen LogP contribution in [0.4, 0.5) is 0 Å². The van der Waals surface area contributed by atoms with E-state index in [1.807, 2.05) is 39.8 Å². The van der Waals surface area contributed by atoms with Gasteiger partial charge < -0.3 is 23.7 Å². The van der Waals surface area contributed by atoms with Crippen molar-refractivity contribution < 1.29 is 42.9 Å². The van der Waals surface area contributed by atoms with E-state index in [2.05, 4.69) is 0 Å². The van der Waals surface area contributed by atoms with E-state index in [1.165, 1.54) is 16.9 Å². The van der Waals surface area contributed by atoms with Crippen LogP contribution in [0.3, 0.4) is 0 Å². The lowest BCUT2D eigenvalue weighted by Gasteiger charge is -2.18. The van der Waals surface area contributed by atoms with Gasteiger partial charge in [-0.05, 0) is 90.5 Å². The molecule has 2 aliphatic heterocycles. The van der Waals surface area contributed by atoms with Gasteiger partial charge in [-0.25, -0.2) is 0 Å². The molecule has 310 valence electrons. The lowest BCUT2D eigenvalue weighted by Crippen LogP contribution is -2.30. The number of benzene rings is 4. The molecule has 0 radical (unpaired) electrons. The van der Waals surface area contributed by atoms with Gasteiger partial charge in [0.25, 0.3) is 23.6 Å². The molecule has 4 aromatic carbocycles. The van der Waals surface area contributed by atoms with Crippen LogP contribution in [0, 0.1) is 0 Å². The van der Waals surface area contributed by atoms with Gasteiger partial charge >= 0.3 is 0 Å². The molecular weight excluding hydrogens is 765 g/mol. The van der Waals surface area contributed by atoms with Crippen LogP contribution < -0.4 is 19.6 Å². The van der Waals surface area contributed by atoms with E-state index in [1.54, 1.807) is 60.7 Å². The first-order valence-electron chi connectivity index (χ1n) is 20.2. The molecule has 60 heavy (non-hydrogen) atoms. The molecule has 12 heteroatoms. The smallest absolute Gasteiger partial charge is 0.261 e. The molecule has 1 aromatic heterocycles. The summed E-state index contributed by atoms with van der Waals surface area (Å²) in [5.41, 5.74) is 4.54. The standard InChI is InChI=1S/C48H48N2O10/c1-28(2)18-20-34-36(58-24-12-10-22-49-45(53)30-14-6-7-15-31(30)46(49)54)26-38-41(42(34)51)43(52)40-35(21-19-29(3)4)44(57-5)39(27-37(40)60-38)59-25-13-11-23-50-47(55)32-16-8-9-17-33(32)48(50)56/h6-9,14-19,26-27,51H,10-13,20-25H2,1-5H3. The third-order valence-corrected chi connectivity index (χ3v) is 10.8. The average molecular weight is 813 g/mol. The van der Waals surface area contributed by atoms with Gasteiger partial charge in [0, 0.05) is 36.3 Å². The van der Waals surface area contributed by atoms with Crippen molar-refractivity contribution in [3.8, 4) is 23.0 Å². The number of methoxy groups -OCH3 is 1. The maximum atomic E-state index is 14.6. The molecule has 0 atom stereocenters. The summed E-state index contributed by atoms with van der Waals surface area (Å²) in [4.78, 5) is 68.4. The van der Waals surface area contributed by atoms with Crippen molar-refractivity contribution in [2.24, 2.45) is 0 Å². The second-order valence-corrected chi connectivity index (χ2v) is 15.5. The molecule has 0 fully saturated rings. The number of allylic oxidation sites excluding steroid dienone is 4. The Balaban J connectivity index is 1.14. The van der Waals surface area contributed by atoms with Crippen molar-refractivity contribution in [1.82, 2.24) is 9.80 Å². The molecule has 3 heterocycles. The number of fused-ring (bicyclic) bond motifs is 4. The van der Waals surface area contributed by atoms with Crippen LogP contribution in [-0.4, -0.2) is 71.9 Å². The minimum Gasteiger partial charge on any atom is -0.507 e. The normalized spacial score (nSPS) is 13.3. The first kappa shape index (κ1) is 41.5. The number of aromatic hydroxyl groups is 1. The third-order valence-electron chi connectivity index (χ3n) is 10.8. The predicted octanol–water partition coefficient (Wildman–Crippen LogP) is 8.59. The molecule has 4 amide bonds. The van der Waals surface area contributed by atoms with Crippen molar-refractivity contribution >= 4 is 45.6 Å². The number of ether oxygens (including phenoxy) is 3. The number of amides is 4. The van der Waals surface area contributed by atoms with E-state index in [0.29, 0.717) is 89.2 Å². The summed E-state index contributed by atoms with van der Waals surface area (Å²) in [6.45, 7) is 8.70. The summed E-state index contributed by atoms with van der Waals surface area (Å²) in [7, 11) is 1.50. The molecule has 0 saturated heterocycles. The Hall–Kier alpha value is -6.69. The highest BCUT2D eigenvalue weighted by atomic mass is 16.5. The van der Waals surface area contributed by atoms with Gasteiger partial charge in [-0.1, -0.05) is 47.6 Å². The van der Waals surface area contributed by atoms with Gasteiger partial charge in [-0.2, -0.15) is 0 Å². The SMILES string of the molecule is COc1c(OCCCCN2C(=O)c3ccccc3C2=O)cc2oc3cc(OCCCCN4C(=O)c5ccccc5C4=O)c(CC=C(C)C)c(O)c3c(=O)c2c1CC=C(C)C. The van der Waals surface area contributed by atoms with Gasteiger partial charge in [0.1, 0.15) is 28.1 Å². The van der Waals surface area contributed by atoms with Crippen molar-refractivity contribution in [3.05, 3.63) is 128 Å². The quantitative estimate of drug-likeness (QED) is 0.0418. The molecule has 0 saturated carbocycles. The fourth-order valence-corrected chi connectivity index (χ4v) is 7.66. The van der Waals surface area contributed by atoms with E-state index >= 15 is 0 Å². The lowest BCUT2D eigenvalue weighted by molar-refractivity contribution is 0.0634. The summed E-state index contributed by atoms with van der Waals surface area (Å²) >= 11 is 0. The number of hydrogen-bond acceptors (Lipinski definition) is 10. The number of imide groups is 2. The Bertz CT molecular complexity index is 2590. The maximum absolute atomic E-state index is 14.6. The monoisotopic (exact) mass is 812 g/mol. The van der Waals surface area contributed by atoms with Crippen LogP contribution in [0.25, 0.3) is 21.9 Å². The minimum atomic E-state index is -0.433. The van der Waals surface area contributed by atoms with Crippen LogP contribution in [-0.2, 0) is 12.8 Å². The molecule has 5 aromatic rings. The van der Waals surface area contributed by atoms with Gasteiger partial charge in [0.05, 0.1) is 48.0 Å². The number of unbranched alkanes of at least 4 members (excludes halogenated alkanes) is 2. The third kappa shape index (κ3) is 8.01. The molecule has 12 nitrogen and oxygen atoms in total. The summed E-state index contributed by atoms with van der Waals surface area (Å²) in [5, 5.41) is 12.1. The summed E-state index contributed by atoms with van der Waals surface area (Å²) in [5.74, 6) is -0.416. The fourth-order valence-electron chi connectivity index (χ4n) is 7.66. The predicted molar refractivity (Wildman–Crippen MR) is 228 cm³/mol. The first-order valence-corrected chi connectivity index (χ1v) is 20.2. The Morgan fingerprint density at radius 3 is 1.52 bits per heavy atom. The summed E-state index contributed by atoms with van der Waals surface area (Å²) in [6, 6.07) is 16.8. The molecule has 0 unspecified atom stereocenters. The van der Waals surface area contributed by atoms with Gasteiger partial charge in [0.15, 0.2) is 11.5 Å².